The van der Waals surface area contributed by atoms with E-state index in [-0.39, 0.29) is 28.8 Å². The number of pyridine rings is 1. The molecule has 1 aliphatic carbocycles. The molecule has 2 aromatic heterocycles. The number of hydrogen-bond donors (Lipinski definition) is 2. The van der Waals surface area contributed by atoms with Crippen LogP contribution in [0.5, 0.6) is 11.5 Å². The zero-order valence-electron chi connectivity index (χ0n) is 22.1. The molecule has 1 unspecified atom stereocenters. The van der Waals surface area contributed by atoms with E-state index in [1.807, 2.05) is 6.92 Å². The maximum atomic E-state index is 13.2. The largest absolute Gasteiger partial charge is 0.480 e. The number of amides is 1. The Morgan fingerprint density at radius 3 is 2.40 bits per heavy atom. The third-order valence-electron chi connectivity index (χ3n) is 7.27. The van der Waals surface area contributed by atoms with Crippen molar-refractivity contribution in [3.63, 3.8) is 0 Å². The van der Waals surface area contributed by atoms with Gasteiger partial charge in [-0.3, -0.25) is 4.79 Å². The second-order valence-corrected chi connectivity index (χ2v) is 12.0. The second-order valence-electron chi connectivity index (χ2n) is 10.2. The number of aryl methyl sites for hydroxylation is 1. The van der Waals surface area contributed by atoms with Crippen molar-refractivity contribution in [2.75, 3.05) is 0 Å². The number of nitrogens with one attached hydrogen (secondary N) is 1. The lowest BCUT2D eigenvalue weighted by molar-refractivity contribution is -0.142. The lowest BCUT2D eigenvalue weighted by Crippen LogP contribution is -2.45. The van der Waals surface area contributed by atoms with E-state index in [4.69, 9.17) is 4.74 Å². The van der Waals surface area contributed by atoms with E-state index in [1.165, 1.54) is 12.4 Å². The topological polar surface area (TPSA) is 128 Å². The molecule has 0 aliphatic heterocycles. The van der Waals surface area contributed by atoms with E-state index < -0.39 is 22.0 Å². The molecular formula is C30H31N3O6S. The number of fused-ring (bicyclic) bond motifs is 1. The fourth-order valence-electron chi connectivity index (χ4n) is 5.01. The highest BCUT2D eigenvalue weighted by Crippen LogP contribution is 2.31. The summed E-state index contributed by atoms with van der Waals surface area (Å²) in [6.45, 7) is 1.89. The number of aliphatic carboxylic acids is 1. The first kappa shape index (κ1) is 27.4. The number of ether oxygens (including phenoxy) is 1. The van der Waals surface area contributed by atoms with Crippen LogP contribution in [0.1, 0.15) is 43.2 Å². The van der Waals surface area contributed by atoms with Crippen LogP contribution in [0.3, 0.4) is 0 Å². The molecule has 0 saturated heterocycles. The minimum absolute atomic E-state index is 0.120. The van der Waals surface area contributed by atoms with Crippen molar-refractivity contribution >= 4 is 32.9 Å². The average molecular weight is 562 g/mol. The molecule has 9 nitrogen and oxygen atoms in total. The maximum absolute atomic E-state index is 13.2. The number of carbonyl (C=O) groups excluding carboxylic acids is 1. The van der Waals surface area contributed by atoms with Gasteiger partial charge >= 0.3 is 5.97 Å². The van der Waals surface area contributed by atoms with Crippen LogP contribution in [0.2, 0.25) is 0 Å². The van der Waals surface area contributed by atoms with Crippen LogP contribution < -0.4 is 10.1 Å². The minimum atomic E-state index is -3.85. The molecule has 40 heavy (non-hydrogen) atoms. The van der Waals surface area contributed by atoms with Crippen molar-refractivity contribution in [3.8, 4) is 11.5 Å². The van der Waals surface area contributed by atoms with Crippen LogP contribution in [-0.4, -0.2) is 40.4 Å². The summed E-state index contributed by atoms with van der Waals surface area (Å²) in [6.07, 6.45) is 7.79. The molecule has 2 N–H and O–H groups in total. The van der Waals surface area contributed by atoms with Crippen molar-refractivity contribution in [2.45, 2.75) is 56.4 Å². The highest BCUT2D eigenvalue weighted by atomic mass is 32.2. The standard InChI is InChI=1S/C30H31N3O6S/c1-20-7-13-24(14-8-20)40(37,38)33-18-16-25-27(15-17-31-28(25)33)39-23-11-9-21(10-12-23)19-26(30(35)36)32-29(34)22-5-3-2-4-6-22/h7-18,22,26H,2-6,19H2,1H3,(H,32,34)(H,35,36). The number of rotatable bonds is 9. The van der Waals surface area contributed by atoms with Gasteiger partial charge in [0.25, 0.3) is 10.0 Å². The summed E-state index contributed by atoms with van der Waals surface area (Å²) in [5, 5.41) is 12.9. The highest BCUT2D eigenvalue weighted by molar-refractivity contribution is 7.90. The van der Waals surface area contributed by atoms with Crippen molar-refractivity contribution in [1.82, 2.24) is 14.3 Å². The van der Waals surface area contributed by atoms with Crippen LogP contribution in [0, 0.1) is 12.8 Å². The molecule has 1 saturated carbocycles. The van der Waals surface area contributed by atoms with E-state index in [0.717, 1.165) is 47.2 Å². The molecule has 4 aromatic rings. The predicted octanol–water partition coefficient (Wildman–Crippen LogP) is 5.07. The first-order valence-electron chi connectivity index (χ1n) is 13.3. The molecular weight excluding hydrogens is 530 g/mol. The molecule has 208 valence electrons. The molecule has 5 rings (SSSR count). The number of carboxylic acids is 1. The van der Waals surface area contributed by atoms with Crippen LogP contribution in [0.25, 0.3) is 11.0 Å². The van der Waals surface area contributed by atoms with Gasteiger partial charge in [-0.15, -0.1) is 0 Å². The third-order valence-corrected chi connectivity index (χ3v) is 8.95. The van der Waals surface area contributed by atoms with E-state index in [9.17, 15) is 23.1 Å². The summed E-state index contributed by atoms with van der Waals surface area (Å²) in [7, 11) is -3.85. The summed E-state index contributed by atoms with van der Waals surface area (Å²) in [6, 6.07) is 15.8. The zero-order chi connectivity index (χ0) is 28.3. The predicted molar refractivity (Wildman–Crippen MR) is 150 cm³/mol. The smallest absolute Gasteiger partial charge is 0.326 e. The fraction of sp³-hybridized carbons (Fsp3) is 0.300. The first-order valence-corrected chi connectivity index (χ1v) is 14.7. The molecule has 1 amide bonds. The van der Waals surface area contributed by atoms with E-state index >= 15 is 0 Å². The Morgan fingerprint density at radius 2 is 1.73 bits per heavy atom. The molecule has 0 radical (unpaired) electrons. The second kappa shape index (κ2) is 11.5. The Labute approximate surface area is 232 Å². The summed E-state index contributed by atoms with van der Waals surface area (Å²) >= 11 is 0. The Hall–Kier alpha value is -4.18. The van der Waals surface area contributed by atoms with Gasteiger partial charge in [0.15, 0.2) is 5.65 Å². The number of aromatic nitrogens is 2. The molecule has 10 heteroatoms. The Kier molecular flexibility index (Phi) is 7.88. The van der Waals surface area contributed by atoms with Crippen LogP contribution in [0.15, 0.2) is 78.0 Å². The van der Waals surface area contributed by atoms with Gasteiger partial charge < -0.3 is 15.2 Å². The molecule has 1 aliphatic rings. The van der Waals surface area contributed by atoms with Gasteiger partial charge in [-0.05, 0) is 61.7 Å². The average Bonchev–Trinajstić information content (AvgIpc) is 3.40. The van der Waals surface area contributed by atoms with Crippen LogP contribution >= 0.6 is 0 Å². The zero-order valence-corrected chi connectivity index (χ0v) is 22.9. The number of hydrogen-bond acceptors (Lipinski definition) is 6. The molecule has 2 aromatic carbocycles. The number of carbonyl (C=O) groups is 2. The maximum Gasteiger partial charge on any atom is 0.326 e. The van der Waals surface area contributed by atoms with Gasteiger partial charge in [0.1, 0.15) is 17.5 Å². The van der Waals surface area contributed by atoms with Gasteiger partial charge in [-0.2, -0.15) is 0 Å². The van der Waals surface area contributed by atoms with Crippen molar-refractivity contribution in [3.05, 3.63) is 84.2 Å². The van der Waals surface area contributed by atoms with Gasteiger partial charge in [0.2, 0.25) is 5.91 Å². The normalized spacial score (nSPS) is 15.0. The lowest BCUT2D eigenvalue weighted by atomic mass is 9.88. The summed E-state index contributed by atoms with van der Waals surface area (Å²) in [5.41, 5.74) is 1.94. The van der Waals surface area contributed by atoms with E-state index in [0.29, 0.717) is 16.9 Å². The van der Waals surface area contributed by atoms with Crippen LogP contribution in [-0.2, 0) is 26.0 Å². The first-order chi connectivity index (χ1) is 19.2. The Balaban J connectivity index is 1.30. The number of nitrogens with zero attached hydrogens (tertiary/aromatic N) is 2. The van der Waals surface area contributed by atoms with E-state index in [1.54, 1.807) is 60.7 Å². The van der Waals surface area contributed by atoms with Crippen molar-refractivity contribution < 1.29 is 27.9 Å². The summed E-state index contributed by atoms with van der Waals surface area (Å²) in [4.78, 5) is 28.9. The fourth-order valence-corrected chi connectivity index (χ4v) is 6.31. The van der Waals surface area contributed by atoms with Gasteiger partial charge in [0.05, 0.1) is 10.3 Å². The molecule has 0 spiro atoms. The molecule has 1 fully saturated rings. The quantitative estimate of drug-likeness (QED) is 0.292. The third kappa shape index (κ3) is 5.86. The lowest BCUT2D eigenvalue weighted by Gasteiger charge is -2.23. The van der Waals surface area contributed by atoms with Crippen LogP contribution in [0.4, 0.5) is 0 Å². The van der Waals surface area contributed by atoms with Gasteiger partial charge in [0, 0.05) is 24.7 Å². The highest BCUT2D eigenvalue weighted by Gasteiger charge is 2.27. The monoisotopic (exact) mass is 561 g/mol. The number of benzene rings is 2. The molecule has 1 atom stereocenters. The molecule has 2 heterocycles. The van der Waals surface area contributed by atoms with Crippen molar-refractivity contribution in [1.29, 1.82) is 0 Å². The molecule has 0 bridgehead atoms. The van der Waals surface area contributed by atoms with Gasteiger partial charge in [-0.25, -0.2) is 22.2 Å². The number of carboxylic acid groups (broad SMARTS) is 1. The Bertz CT molecular complexity index is 1620. The summed E-state index contributed by atoms with van der Waals surface area (Å²) in [5.74, 6) is -0.466. The minimum Gasteiger partial charge on any atom is -0.480 e. The van der Waals surface area contributed by atoms with E-state index in [2.05, 4.69) is 10.3 Å². The Morgan fingerprint density at radius 1 is 1.02 bits per heavy atom. The van der Waals surface area contributed by atoms with Crippen molar-refractivity contribution in [2.24, 2.45) is 5.92 Å². The SMILES string of the molecule is Cc1ccc(S(=O)(=O)n2ccc3c(Oc4ccc(CC(NC(=O)C5CCCCC5)C(=O)O)cc4)ccnc32)cc1. The van der Waals surface area contributed by atoms with Gasteiger partial charge in [-0.1, -0.05) is 49.1 Å². The summed E-state index contributed by atoms with van der Waals surface area (Å²) < 4.78 is 33.7.